The van der Waals surface area contributed by atoms with Gasteiger partial charge in [-0.1, -0.05) is 6.08 Å². The Kier molecular flexibility index (Phi) is 4.02. The molecule has 1 saturated heterocycles. The van der Waals surface area contributed by atoms with E-state index in [4.69, 9.17) is 0 Å². The molecule has 0 amide bonds. The van der Waals surface area contributed by atoms with Gasteiger partial charge in [-0.25, -0.2) is 4.98 Å². The number of nitrogens with zero attached hydrogens (tertiary/aromatic N) is 3. The molecule has 0 unspecified atom stereocenters. The molecular weight excluding hydrogens is 280 g/mol. The Balaban J connectivity index is 2.10. The molecule has 1 aliphatic rings. The fourth-order valence-corrected chi connectivity index (χ4v) is 2.76. The molecule has 0 saturated carbocycles. The molecule has 0 spiro atoms. The molecule has 6 heteroatoms. The maximum Gasteiger partial charge on any atom is 0.270 e. The standard InChI is InChI=1S/C16H18N4O2/c1-2-3-12-10-16(19-8-6-17-7-9-19)18-15-5-4-13(20(21)22)11-14(12)15/h2,4-5,10-11,17H,1,3,6-9H2. The van der Waals surface area contributed by atoms with Crippen molar-refractivity contribution in [1.29, 1.82) is 0 Å². The number of nitrogens with one attached hydrogen (secondary N) is 1. The lowest BCUT2D eigenvalue weighted by molar-refractivity contribution is -0.384. The van der Waals surface area contributed by atoms with Gasteiger partial charge in [-0.2, -0.15) is 0 Å². The van der Waals surface area contributed by atoms with E-state index in [1.807, 2.05) is 12.1 Å². The van der Waals surface area contributed by atoms with Gasteiger partial charge in [0.15, 0.2) is 0 Å². The maximum atomic E-state index is 11.0. The van der Waals surface area contributed by atoms with E-state index in [2.05, 4.69) is 21.8 Å². The van der Waals surface area contributed by atoms with Gasteiger partial charge in [-0.05, 0) is 24.1 Å². The van der Waals surface area contributed by atoms with E-state index >= 15 is 0 Å². The van der Waals surface area contributed by atoms with Crippen LogP contribution >= 0.6 is 0 Å². The van der Waals surface area contributed by atoms with Crippen molar-refractivity contribution in [3.05, 3.63) is 52.6 Å². The number of nitro groups is 1. The minimum Gasteiger partial charge on any atom is -0.354 e. The molecule has 0 bridgehead atoms. The number of nitro benzene ring substituents is 1. The normalized spacial score (nSPS) is 15.0. The van der Waals surface area contributed by atoms with Gasteiger partial charge >= 0.3 is 0 Å². The van der Waals surface area contributed by atoms with E-state index < -0.39 is 0 Å². The smallest absolute Gasteiger partial charge is 0.270 e. The van der Waals surface area contributed by atoms with Crippen molar-refractivity contribution in [2.24, 2.45) is 0 Å². The fourth-order valence-electron chi connectivity index (χ4n) is 2.76. The monoisotopic (exact) mass is 298 g/mol. The van der Waals surface area contributed by atoms with Crippen LogP contribution < -0.4 is 10.2 Å². The lowest BCUT2D eigenvalue weighted by atomic mass is 10.0. The SMILES string of the molecule is C=CCc1cc(N2CCNCC2)nc2ccc([N+](=O)[O-])cc12. The van der Waals surface area contributed by atoms with Crippen LogP contribution in [0.5, 0.6) is 0 Å². The summed E-state index contributed by atoms with van der Waals surface area (Å²) in [6.07, 6.45) is 2.48. The average molecular weight is 298 g/mol. The highest BCUT2D eigenvalue weighted by Crippen LogP contribution is 2.27. The Bertz CT molecular complexity index is 723. The van der Waals surface area contributed by atoms with Crippen molar-refractivity contribution < 1.29 is 4.92 Å². The van der Waals surface area contributed by atoms with Crippen molar-refractivity contribution in [3.63, 3.8) is 0 Å². The molecule has 6 nitrogen and oxygen atoms in total. The number of fused-ring (bicyclic) bond motifs is 1. The summed E-state index contributed by atoms with van der Waals surface area (Å²) in [6.45, 7) is 7.50. The minimum absolute atomic E-state index is 0.0922. The van der Waals surface area contributed by atoms with Crippen molar-refractivity contribution in [1.82, 2.24) is 10.3 Å². The summed E-state index contributed by atoms with van der Waals surface area (Å²) < 4.78 is 0. The van der Waals surface area contributed by atoms with Gasteiger partial charge in [0.2, 0.25) is 0 Å². The van der Waals surface area contributed by atoms with Crippen LogP contribution in [0.15, 0.2) is 36.9 Å². The van der Waals surface area contributed by atoms with Crippen LogP contribution in [0.2, 0.25) is 0 Å². The predicted molar refractivity (Wildman–Crippen MR) is 87.4 cm³/mol. The molecule has 0 atom stereocenters. The largest absolute Gasteiger partial charge is 0.354 e. The first-order valence-electron chi connectivity index (χ1n) is 7.33. The lowest BCUT2D eigenvalue weighted by Gasteiger charge is -2.29. The molecule has 0 aliphatic carbocycles. The van der Waals surface area contributed by atoms with E-state index in [-0.39, 0.29) is 10.6 Å². The number of piperazine rings is 1. The number of allylic oxidation sites excluding steroid dienone is 1. The summed E-state index contributed by atoms with van der Waals surface area (Å²) in [5.74, 6) is 0.930. The number of rotatable bonds is 4. The van der Waals surface area contributed by atoms with Crippen LogP contribution in [0.1, 0.15) is 5.56 Å². The summed E-state index contributed by atoms with van der Waals surface area (Å²) in [7, 11) is 0. The second-order valence-electron chi connectivity index (χ2n) is 5.33. The van der Waals surface area contributed by atoms with Gasteiger partial charge < -0.3 is 10.2 Å². The molecule has 2 aromatic rings. The minimum atomic E-state index is -0.374. The van der Waals surface area contributed by atoms with Crippen molar-refractivity contribution in [3.8, 4) is 0 Å². The number of hydrogen-bond acceptors (Lipinski definition) is 5. The molecular formula is C16H18N4O2. The van der Waals surface area contributed by atoms with Crippen molar-refractivity contribution in [2.75, 3.05) is 31.1 Å². The highest BCUT2D eigenvalue weighted by Gasteiger charge is 2.16. The molecule has 2 heterocycles. The third-order valence-corrected chi connectivity index (χ3v) is 3.88. The summed E-state index contributed by atoms with van der Waals surface area (Å²) in [5, 5.41) is 15.1. The van der Waals surface area contributed by atoms with Crippen LogP contribution in [-0.2, 0) is 6.42 Å². The van der Waals surface area contributed by atoms with Gasteiger partial charge in [0.05, 0.1) is 10.4 Å². The second-order valence-corrected chi connectivity index (χ2v) is 5.33. The Morgan fingerprint density at radius 1 is 1.36 bits per heavy atom. The number of aromatic nitrogens is 1. The van der Waals surface area contributed by atoms with Gasteiger partial charge in [0.25, 0.3) is 5.69 Å². The van der Waals surface area contributed by atoms with E-state index in [0.29, 0.717) is 6.42 Å². The molecule has 1 aliphatic heterocycles. The third-order valence-electron chi connectivity index (χ3n) is 3.88. The van der Waals surface area contributed by atoms with Crippen LogP contribution in [0.3, 0.4) is 0 Å². The Morgan fingerprint density at radius 3 is 2.82 bits per heavy atom. The maximum absolute atomic E-state index is 11.0. The molecule has 1 fully saturated rings. The number of benzene rings is 1. The van der Waals surface area contributed by atoms with Gasteiger partial charge in [-0.3, -0.25) is 10.1 Å². The van der Waals surface area contributed by atoms with Gasteiger partial charge in [0.1, 0.15) is 5.82 Å². The second kappa shape index (κ2) is 6.11. The zero-order chi connectivity index (χ0) is 15.5. The Hall–Kier alpha value is -2.47. The van der Waals surface area contributed by atoms with Crippen molar-refractivity contribution in [2.45, 2.75) is 6.42 Å². The molecule has 114 valence electrons. The fraction of sp³-hybridized carbons (Fsp3) is 0.312. The summed E-state index contributed by atoms with van der Waals surface area (Å²) in [5.41, 5.74) is 1.91. The third kappa shape index (κ3) is 2.78. The van der Waals surface area contributed by atoms with Crippen LogP contribution in [0.25, 0.3) is 10.9 Å². The lowest BCUT2D eigenvalue weighted by Crippen LogP contribution is -2.43. The van der Waals surface area contributed by atoms with Gasteiger partial charge in [0, 0.05) is 43.7 Å². The topological polar surface area (TPSA) is 71.3 Å². The van der Waals surface area contributed by atoms with Crippen LogP contribution in [-0.4, -0.2) is 36.1 Å². The first-order valence-corrected chi connectivity index (χ1v) is 7.33. The summed E-state index contributed by atoms with van der Waals surface area (Å²) >= 11 is 0. The molecule has 0 radical (unpaired) electrons. The highest BCUT2D eigenvalue weighted by molar-refractivity contribution is 5.86. The first kappa shape index (κ1) is 14.5. The van der Waals surface area contributed by atoms with Crippen molar-refractivity contribution >= 4 is 22.4 Å². The van der Waals surface area contributed by atoms with Crippen LogP contribution in [0, 0.1) is 10.1 Å². The Morgan fingerprint density at radius 2 is 2.14 bits per heavy atom. The van der Waals surface area contributed by atoms with Gasteiger partial charge in [-0.15, -0.1) is 6.58 Å². The van der Waals surface area contributed by atoms with E-state index in [1.54, 1.807) is 12.1 Å². The highest BCUT2D eigenvalue weighted by atomic mass is 16.6. The molecule has 1 N–H and O–H groups in total. The number of non-ortho nitro benzene ring substituents is 1. The van der Waals surface area contributed by atoms with E-state index in [9.17, 15) is 10.1 Å². The quantitative estimate of drug-likeness (QED) is 0.532. The molecule has 3 rings (SSSR count). The summed E-state index contributed by atoms with van der Waals surface area (Å²) in [6, 6.07) is 6.86. The predicted octanol–water partition coefficient (Wildman–Crippen LogP) is 2.28. The number of pyridine rings is 1. The zero-order valence-corrected chi connectivity index (χ0v) is 12.3. The number of hydrogen-bond donors (Lipinski definition) is 1. The first-order chi connectivity index (χ1) is 10.7. The van der Waals surface area contributed by atoms with Crippen LogP contribution in [0.4, 0.5) is 11.5 Å². The van der Waals surface area contributed by atoms with E-state index in [0.717, 1.165) is 48.5 Å². The molecule has 1 aromatic carbocycles. The Labute approximate surface area is 128 Å². The summed E-state index contributed by atoms with van der Waals surface area (Å²) in [4.78, 5) is 17.5. The van der Waals surface area contributed by atoms with E-state index in [1.165, 1.54) is 6.07 Å². The number of anilines is 1. The molecule has 22 heavy (non-hydrogen) atoms. The molecule has 1 aromatic heterocycles. The average Bonchev–Trinajstić information content (AvgIpc) is 2.55. The zero-order valence-electron chi connectivity index (χ0n) is 12.3.